The molecule has 1 N–H and O–H groups in total. The van der Waals surface area contributed by atoms with Gasteiger partial charge < -0.3 is 10.0 Å². The van der Waals surface area contributed by atoms with Crippen LogP contribution in [-0.4, -0.2) is 39.2 Å². The fraction of sp³-hybridized carbons (Fsp3) is 0.250. The Bertz CT molecular complexity index is 610. The van der Waals surface area contributed by atoms with Crippen LogP contribution in [0.4, 0.5) is 0 Å². The molecule has 0 bridgehead atoms. The number of thiophene rings is 1. The van der Waals surface area contributed by atoms with Crippen LogP contribution in [0.2, 0.25) is 0 Å². The molecule has 0 fully saturated rings. The SMILES string of the molecule is CN(Cc1csc(C#CCO)c1)C(=O)c1csnn1. The number of hydrogen-bond donors (Lipinski definition) is 1. The number of rotatable bonds is 3. The Balaban J connectivity index is 2.01. The summed E-state index contributed by atoms with van der Waals surface area (Å²) in [4.78, 5) is 14.4. The number of aromatic nitrogens is 2. The van der Waals surface area contributed by atoms with E-state index in [0.717, 1.165) is 22.0 Å². The van der Waals surface area contributed by atoms with E-state index in [1.807, 2.05) is 11.4 Å². The van der Waals surface area contributed by atoms with Gasteiger partial charge in [0.25, 0.3) is 5.91 Å². The summed E-state index contributed by atoms with van der Waals surface area (Å²) in [6.07, 6.45) is 0. The lowest BCUT2D eigenvalue weighted by Crippen LogP contribution is -2.26. The van der Waals surface area contributed by atoms with E-state index >= 15 is 0 Å². The molecule has 0 aliphatic carbocycles. The number of aliphatic hydroxyl groups excluding tert-OH is 1. The maximum atomic E-state index is 12.0. The van der Waals surface area contributed by atoms with Crippen molar-refractivity contribution in [2.24, 2.45) is 0 Å². The standard InChI is InChI=1S/C12H11N3O2S2/c1-15(12(17)11-8-19-14-13-11)6-9-5-10(18-7-9)3-2-4-16/h5,7-8,16H,4,6H2,1H3. The van der Waals surface area contributed by atoms with Crippen molar-refractivity contribution in [3.8, 4) is 11.8 Å². The van der Waals surface area contributed by atoms with Crippen LogP contribution >= 0.6 is 22.9 Å². The maximum Gasteiger partial charge on any atom is 0.275 e. The van der Waals surface area contributed by atoms with Gasteiger partial charge in [-0.05, 0) is 28.5 Å². The third kappa shape index (κ3) is 3.61. The summed E-state index contributed by atoms with van der Waals surface area (Å²) in [6.45, 7) is 0.343. The summed E-state index contributed by atoms with van der Waals surface area (Å²) in [7, 11) is 1.72. The van der Waals surface area contributed by atoms with Gasteiger partial charge in [0.05, 0.1) is 4.88 Å². The lowest BCUT2D eigenvalue weighted by molar-refractivity contribution is 0.0779. The predicted octanol–water partition coefficient (Wildman–Crippen LogP) is 1.22. The molecule has 2 aromatic heterocycles. The number of hydrogen-bond acceptors (Lipinski definition) is 6. The minimum Gasteiger partial charge on any atom is -0.384 e. The van der Waals surface area contributed by atoms with Gasteiger partial charge in [-0.1, -0.05) is 16.3 Å². The first kappa shape index (κ1) is 13.7. The molecule has 7 heteroatoms. The Hall–Kier alpha value is -1.75. The van der Waals surface area contributed by atoms with E-state index in [2.05, 4.69) is 21.4 Å². The van der Waals surface area contributed by atoms with Gasteiger partial charge in [-0.3, -0.25) is 4.79 Å². The number of amides is 1. The van der Waals surface area contributed by atoms with Crippen molar-refractivity contribution in [2.45, 2.75) is 6.54 Å². The third-order valence-corrected chi connectivity index (χ3v) is 3.69. The van der Waals surface area contributed by atoms with Crippen LogP contribution in [0.1, 0.15) is 20.9 Å². The van der Waals surface area contributed by atoms with Gasteiger partial charge in [-0.25, -0.2) is 0 Å². The van der Waals surface area contributed by atoms with Crippen LogP contribution in [0.15, 0.2) is 16.8 Å². The summed E-state index contributed by atoms with van der Waals surface area (Å²) in [5.41, 5.74) is 1.37. The van der Waals surface area contributed by atoms with Crippen LogP contribution < -0.4 is 0 Å². The van der Waals surface area contributed by atoms with Crippen molar-refractivity contribution in [1.82, 2.24) is 14.5 Å². The predicted molar refractivity (Wildman–Crippen MR) is 74.0 cm³/mol. The molecule has 19 heavy (non-hydrogen) atoms. The third-order valence-electron chi connectivity index (χ3n) is 2.29. The summed E-state index contributed by atoms with van der Waals surface area (Å²) < 4.78 is 3.67. The molecule has 0 aromatic carbocycles. The molecule has 2 heterocycles. The molecule has 0 aliphatic rings. The maximum absolute atomic E-state index is 12.0. The molecule has 0 saturated carbocycles. The zero-order valence-corrected chi connectivity index (χ0v) is 11.8. The van der Waals surface area contributed by atoms with Gasteiger partial charge in [0.2, 0.25) is 0 Å². The fourth-order valence-electron chi connectivity index (χ4n) is 1.45. The molecular formula is C12H11N3O2S2. The fourth-order valence-corrected chi connectivity index (χ4v) is 2.65. The minimum absolute atomic E-state index is 0.150. The quantitative estimate of drug-likeness (QED) is 0.864. The molecule has 0 unspecified atom stereocenters. The Morgan fingerprint density at radius 2 is 2.37 bits per heavy atom. The highest BCUT2D eigenvalue weighted by Gasteiger charge is 2.15. The summed E-state index contributed by atoms with van der Waals surface area (Å²) in [5, 5.41) is 16.0. The lowest BCUT2D eigenvalue weighted by atomic mass is 10.3. The van der Waals surface area contributed by atoms with Crippen LogP contribution in [-0.2, 0) is 6.54 Å². The monoisotopic (exact) mass is 293 g/mol. The van der Waals surface area contributed by atoms with E-state index in [4.69, 9.17) is 5.11 Å². The van der Waals surface area contributed by atoms with Gasteiger partial charge in [-0.15, -0.1) is 16.4 Å². The summed E-state index contributed by atoms with van der Waals surface area (Å²) in [5.74, 6) is 5.28. The van der Waals surface area contributed by atoms with Gasteiger partial charge in [-0.2, -0.15) is 0 Å². The van der Waals surface area contributed by atoms with Crippen LogP contribution in [0.3, 0.4) is 0 Å². The zero-order valence-electron chi connectivity index (χ0n) is 10.2. The highest BCUT2D eigenvalue weighted by molar-refractivity contribution is 7.10. The van der Waals surface area contributed by atoms with E-state index in [-0.39, 0.29) is 12.5 Å². The lowest BCUT2D eigenvalue weighted by Gasteiger charge is -2.14. The Labute approximate surface area is 118 Å². The van der Waals surface area contributed by atoms with Crippen molar-refractivity contribution in [1.29, 1.82) is 0 Å². The number of aliphatic hydroxyl groups is 1. The summed E-state index contributed by atoms with van der Waals surface area (Å²) in [6, 6.07) is 1.91. The molecule has 0 spiro atoms. The van der Waals surface area contributed by atoms with Crippen LogP contribution in [0.5, 0.6) is 0 Å². The second kappa shape index (κ2) is 6.43. The summed E-state index contributed by atoms with van der Waals surface area (Å²) >= 11 is 2.65. The highest BCUT2D eigenvalue weighted by atomic mass is 32.1. The molecule has 98 valence electrons. The Morgan fingerprint density at radius 1 is 1.53 bits per heavy atom. The molecule has 0 aliphatic heterocycles. The number of carbonyl (C=O) groups is 1. The molecular weight excluding hydrogens is 282 g/mol. The van der Waals surface area contributed by atoms with E-state index in [0.29, 0.717) is 12.2 Å². The smallest absolute Gasteiger partial charge is 0.275 e. The first-order valence-corrected chi connectivity index (χ1v) is 7.12. The molecule has 1 amide bonds. The molecule has 2 rings (SSSR count). The molecule has 0 saturated heterocycles. The van der Waals surface area contributed by atoms with E-state index < -0.39 is 0 Å². The average Bonchev–Trinajstić information content (AvgIpc) is 3.06. The topological polar surface area (TPSA) is 66.3 Å². The largest absolute Gasteiger partial charge is 0.384 e. The van der Waals surface area contributed by atoms with Gasteiger partial charge in [0.15, 0.2) is 5.69 Å². The van der Waals surface area contributed by atoms with E-state index in [9.17, 15) is 4.79 Å². The normalized spacial score (nSPS) is 9.79. The molecule has 0 atom stereocenters. The number of carbonyl (C=O) groups excluding carboxylic acids is 1. The van der Waals surface area contributed by atoms with Crippen LogP contribution in [0, 0.1) is 11.8 Å². The molecule has 0 radical (unpaired) electrons. The second-order valence-corrected chi connectivity index (χ2v) is 5.25. The van der Waals surface area contributed by atoms with Crippen molar-refractivity contribution >= 4 is 28.8 Å². The Morgan fingerprint density at radius 3 is 3.05 bits per heavy atom. The highest BCUT2D eigenvalue weighted by Crippen LogP contribution is 2.16. The molecule has 2 aromatic rings. The first-order valence-electron chi connectivity index (χ1n) is 5.40. The van der Waals surface area contributed by atoms with Crippen molar-refractivity contribution in [2.75, 3.05) is 13.7 Å². The molecule has 5 nitrogen and oxygen atoms in total. The van der Waals surface area contributed by atoms with Crippen molar-refractivity contribution in [3.05, 3.63) is 33.0 Å². The van der Waals surface area contributed by atoms with Gasteiger partial charge >= 0.3 is 0 Å². The van der Waals surface area contributed by atoms with E-state index in [1.165, 1.54) is 11.3 Å². The zero-order chi connectivity index (χ0) is 13.7. The Kier molecular flexibility index (Phi) is 4.63. The second-order valence-electron chi connectivity index (χ2n) is 3.73. The van der Waals surface area contributed by atoms with Gasteiger partial charge in [0.1, 0.15) is 6.61 Å². The van der Waals surface area contributed by atoms with Crippen LogP contribution in [0.25, 0.3) is 0 Å². The first-order chi connectivity index (χ1) is 9.20. The van der Waals surface area contributed by atoms with E-state index in [1.54, 1.807) is 17.3 Å². The van der Waals surface area contributed by atoms with Crippen molar-refractivity contribution in [3.63, 3.8) is 0 Å². The average molecular weight is 293 g/mol. The van der Waals surface area contributed by atoms with Crippen molar-refractivity contribution < 1.29 is 9.90 Å². The number of nitrogens with zero attached hydrogens (tertiary/aromatic N) is 3. The van der Waals surface area contributed by atoms with Gasteiger partial charge in [0, 0.05) is 19.0 Å². The minimum atomic E-state index is -0.150.